The summed E-state index contributed by atoms with van der Waals surface area (Å²) in [6.45, 7) is 2.32. The van der Waals surface area contributed by atoms with Crippen LogP contribution in [0.1, 0.15) is 22.6 Å². The van der Waals surface area contributed by atoms with Gasteiger partial charge in [-0.3, -0.25) is 0 Å². The maximum Gasteiger partial charge on any atom is 0.417 e. The van der Waals surface area contributed by atoms with Crippen LogP contribution in [0, 0.1) is 6.92 Å². The number of nitrogens with zero attached hydrogens (tertiary/aromatic N) is 3. The first kappa shape index (κ1) is 23.6. The van der Waals surface area contributed by atoms with E-state index in [0.29, 0.717) is 45.5 Å². The van der Waals surface area contributed by atoms with Gasteiger partial charge in [-0.05, 0) is 53.0 Å². The minimum Gasteiger partial charge on any atom is -0.438 e. The molecule has 0 spiro atoms. The summed E-state index contributed by atoms with van der Waals surface area (Å²) in [5.74, 6) is 1.79. The molecular formula is C20H16BrCl2F3N4O. The normalized spacial score (nSPS) is 11.5. The van der Waals surface area contributed by atoms with Gasteiger partial charge in [-0.2, -0.15) is 13.2 Å². The topological polar surface area (TPSA) is 59.9 Å². The standard InChI is InChI=1S/C20H16BrCl2F3N4O/c1-11-29-15(9-22)18(23)19(30-11)27-7-6-12-2-4-16(14(21)8-12)31-17-5-3-13(10-28-17)20(24,25)26/h2-5,8,10H,6-7,9H2,1H3,(H,27,29,30). The average molecular weight is 536 g/mol. The van der Waals surface area contributed by atoms with E-state index in [2.05, 4.69) is 36.2 Å². The third-order valence-electron chi connectivity index (χ3n) is 4.14. The van der Waals surface area contributed by atoms with Gasteiger partial charge in [0.1, 0.15) is 22.4 Å². The zero-order chi connectivity index (χ0) is 22.6. The fourth-order valence-electron chi connectivity index (χ4n) is 2.65. The van der Waals surface area contributed by atoms with Crippen molar-refractivity contribution in [2.24, 2.45) is 0 Å². The van der Waals surface area contributed by atoms with Gasteiger partial charge >= 0.3 is 6.18 Å². The van der Waals surface area contributed by atoms with Crippen molar-refractivity contribution in [3.63, 3.8) is 0 Å². The monoisotopic (exact) mass is 534 g/mol. The molecule has 11 heteroatoms. The van der Waals surface area contributed by atoms with Crippen molar-refractivity contribution in [1.29, 1.82) is 0 Å². The number of hydrogen-bond acceptors (Lipinski definition) is 5. The van der Waals surface area contributed by atoms with Crippen LogP contribution in [0.3, 0.4) is 0 Å². The summed E-state index contributed by atoms with van der Waals surface area (Å²) in [6, 6.07) is 7.52. The Morgan fingerprint density at radius 2 is 1.94 bits per heavy atom. The highest BCUT2D eigenvalue weighted by molar-refractivity contribution is 9.10. The Balaban J connectivity index is 1.62. The second-order valence-corrected chi connectivity index (χ2v) is 7.94. The zero-order valence-corrected chi connectivity index (χ0v) is 19.2. The number of ether oxygens (including phenoxy) is 1. The summed E-state index contributed by atoms with van der Waals surface area (Å²) in [6.07, 6.45) is -3.05. The van der Waals surface area contributed by atoms with Gasteiger partial charge in [0.25, 0.3) is 0 Å². The molecular weight excluding hydrogens is 520 g/mol. The number of hydrogen-bond donors (Lipinski definition) is 1. The zero-order valence-electron chi connectivity index (χ0n) is 16.1. The lowest BCUT2D eigenvalue weighted by molar-refractivity contribution is -0.137. The number of nitrogens with one attached hydrogen (secondary N) is 1. The molecule has 0 aliphatic heterocycles. The van der Waals surface area contributed by atoms with E-state index < -0.39 is 11.7 Å². The highest BCUT2D eigenvalue weighted by Gasteiger charge is 2.30. The molecule has 2 heterocycles. The third kappa shape index (κ3) is 6.21. The predicted octanol–water partition coefficient (Wildman–Crippen LogP) is 6.80. The Morgan fingerprint density at radius 1 is 1.16 bits per heavy atom. The van der Waals surface area contributed by atoms with Crippen LogP contribution in [0.4, 0.5) is 19.0 Å². The lowest BCUT2D eigenvalue weighted by Crippen LogP contribution is -2.09. The van der Waals surface area contributed by atoms with Crippen LogP contribution in [0.2, 0.25) is 5.02 Å². The Morgan fingerprint density at radius 3 is 2.55 bits per heavy atom. The molecule has 0 saturated carbocycles. The first-order chi connectivity index (χ1) is 14.7. The summed E-state index contributed by atoms with van der Waals surface area (Å²) in [4.78, 5) is 12.2. The number of aryl methyl sites for hydroxylation is 1. The number of rotatable bonds is 7. The van der Waals surface area contributed by atoms with Gasteiger partial charge in [0.15, 0.2) is 0 Å². The minimum atomic E-state index is -4.44. The smallest absolute Gasteiger partial charge is 0.417 e. The second-order valence-electron chi connectivity index (χ2n) is 6.44. The first-order valence-electron chi connectivity index (χ1n) is 8.99. The van der Waals surface area contributed by atoms with E-state index in [9.17, 15) is 13.2 Å². The lowest BCUT2D eigenvalue weighted by atomic mass is 10.1. The fourth-order valence-corrected chi connectivity index (χ4v) is 3.64. The molecule has 164 valence electrons. The highest BCUT2D eigenvalue weighted by Crippen LogP contribution is 2.32. The molecule has 3 rings (SSSR count). The Labute approximate surface area is 195 Å². The van der Waals surface area contributed by atoms with Crippen LogP contribution in [-0.4, -0.2) is 21.5 Å². The Hall–Kier alpha value is -2.10. The lowest BCUT2D eigenvalue weighted by Gasteiger charge is -2.12. The molecule has 1 N–H and O–H groups in total. The highest BCUT2D eigenvalue weighted by atomic mass is 79.9. The number of anilines is 1. The van der Waals surface area contributed by atoms with Gasteiger partial charge in [-0.25, -0.2) is 15.0 Å². The number of pyridine rings is 1. The van der Waals surface area contributed by atoms with Crippen molar-refractivity contribution in [1.82, 2.24) is 15.0 Å². The van der Waals surface area contributed by atoms with Crippen molar-refractivity contribution in [2.45, 2.75) is 25.4 Å². The van der Waals surface area contributed by atoms with E-state index in [0.717, 1.165) is 17.8 Å². The second kappa shape index (κ2) is 10.0. The van der Waals surface area contributed by atoms with E-state index in [-0.39, 0.29) is 11.8 Å². The van der Waals surface area contributed by atoms with Crippen LogP contribution in [0.5, 0.6) is 11.6 Å². The molecule has 3 aromatic rings. The quantitative estimate of drug-likeness (QED) is 0.337. The summed E-state index contributed by atoms with van der Waals surface area (Å²) in [5.41, 5.74) is 0.727. The molecule has 0 atom stereocenters. The molecule has 0 aliphatic carbocycles. The Kier molecular flexibility index (Phi) is 7.61. The summed E-state index contributed by atoms with van der Waals surface area (Å²) >= 11 is 15.5. The summed E-state index contributed by atoms with van der Waals surface area (Å²) in [7, 11) is 0. The van der Waals surface area contributed by atoms with Gasteiger partial charge in [0.05, 0.1) is 21.6 Å². The average Bonchev–Trinajstić information content (AvgIpc) is 2.72. The van der Waals surface area contributed by atoms with Crippen molar-refractivity contribution in [3.05, 3.63) is 68.7 Å². The van der Waals surface area contributed by atoms with E-state index in [1.54, 1.807) is 13.0 Å². The van der Waals surface area contributed by atoms with Gasteiger partial charge in [0, 0.05) is 18.8 Å². The van der Waals surface area contributed by atoms with E-state index in [1.165, 1.54) is 6.07 Å². The van der Waals surface area contributed by atoms with Crippen molar-refractivity contribution >= 4 is 44.9 Å². The third-order valence-corrected chi connectivity index (χ3v) is 5.41. The van der Waals surface area contributed by atoms with Crippen LogP contribution in [0.25, 0.3) is 0 Å². The van der Waals surface area contributed by atoms with Crippen molar-refractivity contribution < 1.29 is 17.9 Å². The number of alkyl halides is 4. The molecule has 1 aromatic carbocycles. The van der Waals surface area contributed by atoms with Gasteiger partial charge in [-0.15, -0.1) is 11.6 Å². The molecule has 5 nitrogen and oxygen atoms in total. The fraction of sp³-hybridized carbons (Fsp3) is 0.250. The Bertz CT molecular complexity index is 1070. The maximum atomic E-state index is 12.6. The van der Waals surface area contributed by atoms with Crippen LogP contribution < -0.4 is 10.1 Å². The van der Waals surface area contributed by atoms with Gasteiger partial charge < -0.3 is 10.1 Å². The van der Waals surface area contributed by atoms with Crippen LogP contribution in [0.15, 0.2) is 41.0 Å². The SMILES string of the molecule is Cc1nc(CCl)c(Cl)c(NCCc2ccc(Oc3ccc(C(F)(F)F)cn3)c(Br)c2)n1. The van der Waals surface area contributed by atoms with E-state index in [1.807, 2.05) is 12.1 Å². The number of aromatic nitrogens is 3. The number of benzene rings is 1. The molecule has 0 fully saturated rings. The van der Waals surface area contributed by atoms with Crippen LogP contribution >= 0.6 is 39.1 Å². The van der Waals surface area contributed by atoms with Crippen LogP contribution in [-0.2, 0) is 18.5 Å². The van der Waals surface area contributed by atoms with Gasteiger partial charge in [0.2, 0.25) is 5.88 Å². The van der Waals surface area contributed by atoms with E-state index >= 15 is 0 Å². The summed E-state index contributed by atoms with van der Waals surface area (Å²) in [5, 5.41) is 3.58. The first-order valence-corrected chi connectivity index (χ1v) is 10.7. The largest absolute Gasteiger partial charge is 0.438 e. The van der Waals surface area contributed by atoms with Crippen molar-refractivity contribution in [2.75, 3.05) is 11.9 Å². The molecule has 0 amide bonds. The molecule has 31 heavy (non-hydrogen) atoms. The molecule has 0 unspecified atom stereocenters. The maximum absolute atomic E-state index is 12.6. The molecule has 2 aromatic heterocycles. The molecule has 0 bridgehead atoms. The van der Waals surface area contributed by atoms with Crippen molar-refractivity contribution in [3.8, 4) is 11.6 Å². The number of halogens is 6. The molecule has 0 aliphatic rings. The van der Waals surface area contributed by atoms with Gasteiger partial charge in [-0.1, -0.05) is 17.7 Å². The minimum absolute atomic E-state index is 0.0620. The molecule has 0 radical (unpaired) electrons. The summed E-state index contributed by atoms with van der Waals surface area (Å²) < 4.78 is 44.1. The van der Waals surface area contributed by atoms with E-state index in [4.69, 9.17) is 27.9 Å². The predicted molar refractivity (Wildman–Crippen MR) is 117 cm³/mol. The molecule has 0 saturated heterocycles.